The van der Waals surface area contributed by atoms with E-state index in [0.29, 0.717) is 12.3 Å². The summed E-state index contributed by atoms with van der Waals surface area (Å²) in [5.41, 5.74) is -0.196. The minimum absolute atomic E-state index is 0.196. The Bertz CT molecular complexity index is 150. The van der Waals surface area contributed by atoms with Gasteiger partial charge in [-0.3, -0.25) is 0 Å². The van der Waals surface area contributed by atoms with E-state index in [1.165, 1.54) is 25.7 Å². The maximum absolute atomic E-state index is 10.5. The summed E-state index contributed by atoms with van der Waals surface area (Å²) in [5.74, 6) is 0.590. The van der Waals surface area contributed by atoms with Gasteiger partial charge in [0.25, 0.3) is 0 Å². The molecule has 1 saturated carbocycles. The Kier molecular flexibility index (Phi) is 3.27. The van der Waals surface area contributed by atoms with Crippen LogP contribution in [0.2, 0.25) is 0 Å². The van der Waals surface area contributed by atoms with Crippen molar-refractivity contribution < 1.29 is 9.53 Å². The zero-order valence-corrected chi connectivity index (χ0v) is 8.01. The molecule has 0 aromatic heterocycles. The molecule has 0 saturated heterocycles. The average molecular weight is 170 g/mol. The van der Waals surface area contributed by atoms with Gasteiger partial charge in [-0.15, -0.1) is 0 Å². The summed E-state index contributed by atoms with van der Waals surface area (Å²) in [7, 11) is 1.71. The van der Waals surface area contributed by atoms with Crippen LogP contribution in [0.3, 0.4) is 0 Å². The van der Waals surface area contributed by atoms with Crippen LogP contribution in [0.25, 0.3) is 0 Å². The Labute approximate surface area is 74.3 Å². The van der Waals surface area contributed by atoms with E-state index in [2.05, 4.69) is 6.92 Å². The van der Waals surface area contributed by atoms with Crippen molar-refractivity contribution in [2.24, 2.45) is 5.92 Å². The molecule has 0 aliphatic heterocycles. The number of hydrogen-bond acceptors (Lipinski definition) is 2. The van der Waals surface area contributed by atoms with Gasteiger partial charge < -0.3 is 9.53 Å². The van der Waals surface area contributed by atoms with Gasteiger partial charge in [0.05, 0.1) is 5.60 Å². The lowest BCUT2D eigenvalue weighted by Gasteiger charge is -2.32. The maximum atomic E-state index is 10.5. The molecular weight excluding hydrogens is 152 g/mol. The number of methoxy groups -OCH3 is 1. The third-order valence-electron chi connectivity index (χ3n) is 3.17. The van der Waals surface area contributed by atoms with Crippen LogP contribution in [-0.2, 0) is 9.53 Å². The van der Waals surface area contributed by atoms with Gasteiger partial charge in [0.15, 0.2) is 0 Å². The number of carbonyl (C=O) groups excluding carboxylic acids is 1. The first kappa shape index (κ1) is 9.72. The molecule has 2 heteroatoms. The molecule has 12 heavy (non-hydrogen) atoms. The molecule has 0 amide bonds. The number of rotatable bonds is 4. The predicted octanol–water partition coefficient (Wildman–Crippen LogP) is 2.17. The fourth-order valence-corrected chi connectivity index (χ4v) is 2.12. The van der Waals surface area contributed by atoms with E-state index in [-0.39, 0.29) is 5.60 Å². The molecule has 0 bridgehead atoms. The zero-order chi connectivity index (χ0) is 9.03. The molecular formula is C10H18O2. The fraction of sp³-hybridized carbons (Fsp3) is 0.900. The minimum atomic E-state index is -0.196. The van der Waals surface area contributed by atoms with Gasteiger partial charge in [-0.2, -0.15) is 0 Å². The maximum Gasteiger partial charge on any atom is 0.122 e. The zero-order valence-electron chi connectivity index (χ0n) is 8.01. The lowest BCUT2D eigenvalue weighted by atomic mass is 9.85. The van der Waals surface area contributed by atoms with Crippen LogP contribution < -0.4 is 0 Å². The Morgan fingerprint density at radius 1 is 1.50 bits per heavy atom. The van der Waals surface area contributed by atoms with Crippen LogP contribution in [0.1, 0.15) is 39.0 Å². The molecule has 1 aliphatic carbocycles. The quantitative estimate of drug-likeness (QED) is 0.604. The summed E-state index contributed by atoms with van der Waals surface area (Å²) in [4.78, 5) is 10.5. The molecule has 0 aromatic carbocycles. The monoisotopic (exact) mass is 170 g/mol. The molecule has 0 spiro atoms. The third kappa shape index (κ3) is 1.86. The summed E-state index contributed by atoms with van der Waals surface area (Å²) in [5, 5.41) is 0. The van der Waals surface area contributed by atoms with Crippen molar-refractivity contribution in [3.05, 3.63) is 0 Å². The van der Waals surface area contributed by atoms with Gasteiger partial charge in [-0.1, -0.05) is 12.8 Å². The smallest absolute Gasteiger partial charge is 0.122 e. The van der Waals surface area contributed by atoms with E-state index in [1.807, 2.05) is 0 Å². The van der Waals surface area contributed by atoms with Crippen molar-refractivity contribution in [3.63, 3.8) is 0 Å². The second kappa shape index (κ2) is 4.04. The van der Waals surface area contributed by atoms with Gasteiger partial charge in [0.1, 0.15) is 6.29 Å². The number of hydrogen-bond donors (Lipinski definition) is 0. The Morgan fingerprint density at radius 2 is 2.08 bits per heavy atom. The van der Waals surface area contributed by atoms with Crippen LogP contribution >= 0.6 is 0 Å². The van der Waals surface area contributed by atoms with E-state index in [1.54, 1.807) is 7.11 Å². The van der Waals surface area contributed by atoms with E-state index in [0.717, 1.165) is 6.29 Å². The molecule has 70 valence electrons. The summed E-state index contributed by atoms with van der Waals surface area (Å²) in [6.45, 7) is 2.05. The normalized spacial score (nSPS) is 23.8. The second-order valence-corrected chi connectivity index (χ2v) is 3.87. The topological polar surface area (TPSA) is 26.3 Å². The van der Waals surface area contributed by atoms with Crippen molar-refractivity contribution in [1.29, 1.82) is 0 Å². The second-order valence-electron chi connectivity index (χ2n) is 3.87. The van der Waals surface area contributed by atoms with Crippen LogP contribution in [0, 0.1) is 5.92 Å². The SMILES string of the molecule is COC(C)(CC=O)C1CCCC1. The summed E-state index contributed by atoms with van der Waals surface area (Å²) >= 11 is 0. The highest BCUT2D eigenvalue weighted by Gasteiger charge is 2.35. The molecule has 0 radical (unpaired) electrons. The average Bonchev–Trinajstić information content (AvgIpc) is 2.57. The summed E-state index contributed by atoms with van der Waals surface area (Å²) < 4.78 is 5.43. The highest BCUT2D eigenvalue weighted by molar-refractivity contribution is 5.51. The molecule has 1 unspecified atom stereocenters. The molecule has 1 aliphatic rings. The number of aldehydes is 1. The van der Waals surface area contributed by atoms with Crippen molar-refractivity contribution in [2.75, 3.05) is 7.11 Å². The third-order valence-corrected chi connectivity index (χ3v) is 3.17. The summed E-state index contributed by atoms with van der Waals surface area (Å²) in [6, 6.07) is 0. The molecule has 0 aromatic rings. The van der Waals surface area contributed by atoms with Crippen molar-refractivity contribution in [2.45, 2.75) is 44.6 Å². The first-order valence-electron chi connectivity index (χ1n) is 4.72. The molecule has 1 atom stereocenters. The van der Waals surface area contributed by atoms with Gasteiger partial charge in [-0.25, -0.2) is 0 Å². The largest absolute Gasteiger partial charge is 0.378 e. The Balaban J connectivity index is 2.56. The van der Waals surface area contributed by atoms with Crippen LogP contribution in [-0.4, -0.2) is 19.0 Å². The molecule has 1 rings (SSSR count). The molecule has 2 nitrogen and oxygen atoms in total. The van der Waals surface area contributed by atoms with E-state index < -0.39 is 0 Å². The van der Waals surface area contributed by atoms with E-state index >= 15 is 0 Å². The highest BCUT2D eigenvalue weighted by atomic mass is 16.5. The first-order valence-corrected chi connectivity index (χ1v) is 4.72. The molecule has 0 N–H and O–H groups in total. The van der Waals surface area contributed by atoms with Gasteiger partial charge in [0.2, 0.25) is 0 Å². The molecule has 1 fully saturated rings. The van der Waals surface area contributed by atoms with E-state index in [4.69, 9.17) is 4.74 Å². The summed E-state index contributed by atoms with van der Waals surface area (Å²) in [6.07, 6.45) is 6.54. The molecule has 0 heterocycles. The Morgan fingerprint density at radius 3 is 2.50 bits per heavy atom. The van der Waals surface area contributed by atoms with Crippen molar-refractivity contribution >= 4 is 6.29 Å². The minimum Gasteiger partial charge on any atom is -0.378 e. The number of ether oxygens (including phenoxy) is 1. The van der Waals surface area contributed by atoms with Crippen molar-refractivity contribution in [3.8, 4) is 0 Å². The number of carbonyl (C=O) groups is 1. The highest BCUT2D eigenvalue weighted by Crippen LogP contribution is 2.37. The lowest BCUT2D eigenvalue weighted by Crippen LogP contribution is -2.35. The first-order chi connectivity index (χ1) is 5.73. The lowest BCUT2D eigenvalue weighted by molar-refractivity contribution is -0.116. The van der Waals surface area contributed by atoms with Crippen LogP contribution in [0.15, 0.2) is 0 Å². The predicted molar refractivity (Wildman–Crippen MR) is 48.1 cm³/mol. The van der Waals surface area contributed by atoms with Gasteiger partial charge in [0, 0.05) is 13.5 Å². The fourth-order valence-electron chi connectivity index (χ4n) is 2.12. The van der Waals surface area contributed by atoms with Gasteiger partial charge >= 0.3 is 0 Å². The van der Waals surface area contributed by atoms with Crippen LogP contribution in [0.5, 0.6) is 0 Å². The van der Waals surface area contributed by atoms with Crippen LogP contribution in [0.4, 0.5) is 0 Å². The van der Waals surface area contributed by atoms with Gasteiger partial charge in [-0.05, 0) is 25.7 Å². The standard InChI is InChI=1S/C10H18O2/c1-10(12-2,7-8-11)9-5-3-4-6-9/h8-9H,3-7H2,1-2H3. The van der Waals surface area contributed by atoms with E-state index in [9.17, 15) is 4.79 Å². The van der Waals surface area contributed by atoms with Crippen molar-refractivity contribution in [1.82, 2.24) is 0 Å². The Hall–Kier alpha value is -0.370.